The van der Waals surface area contributed by atoms with Gasteiger partial charge in [0, 0.05) is 42.0 Å². The number of nitrogens with zero attached hydrogens (tertiary/aromatic N) is 5. The maximum atomic E-state index is 15.5. The lowest BCUT2D eigenvalue weighted by Gasteiger charge is -2.16. The van der Waals surface area contributed by atoms with Crippen LogP contribution in [0.5, 0.6) is 5.88 Å². The van der Waals surface area contributed by atoms with Crippen molar-refractivity contribution in [2.24, 2.45) is 5.41 Å². The van der Waals surface area contributed by atoms with Crippen molar-refractivity contribution < 1.29 is 13.5 Å². The second kappa shape index (κ2) is 11.1. The van der Waals surface area contributed by atoms with Gasteiger partial charge in [-0.1, -0.05) is 36.4 Å². The predicted octanol–water partition coefficient (Wildman–Crippen LogP) is 8.10. The van der Waals surface area contributed by atoms with E-state index in [4.69, 9.17) is 16.3 Å². The SMILES string of the molecule is [C-]#[N+]c1ccc(COc2cccc(-c3ccc(Cc4nc5ccc(C)cc5n4CC4(CC#N)CC4)c(F)c3)n2)c(F)c1. The molecular formula is C34H27F2N5O. The number of aryl methyl sites for hydroxylation is 1. The molecule has 42 heavy (non-hydrogen) atoms. The second-order valence-electron chi connectivity index (χ2n) is 11.0. The van der Waals surface area contributed by atoms with Gasteiger partial charge in [-0.05, 0) is 61.2 Å². The molecule has 6 nitrogen and oxygen atoms in total. The predicted molar refractivity (Wildman–Crippen MR) is 156 cm³/mol. The highest BCUT2D eigenvalue weighted by molar-refractivity contribution is 5.77. The zero-order chi connectivity index (χ0) is 29.3. The first kappa shape index (κ1) is 27.1. The lowest BCUT2D eigenvalue weighted by molar-refractivity contribution is 0.288. The molecule has 2 heterocycles. The van der Waals surface area contributed by atoms with Crippen molar-refractivity contribution in [2.75, 3.05) is 0 Å². The average molecular weight is 560 g/mol. The van der Waals surface area contributed by atoms with Gasteiger partial charge in [-0.25, -0.2) is 23.6 Å². The molecule has 1 aliphatic carbocycles. The summed E-state index contributed by atoms with van der Waals surface area (Å²) in [5, 5.41) is 9.36. The van der Waals surface area contributed by atoms with Crippen LogP contribution >= 0.6 is 0 Å². The van der Waals surface area contributed by atoms with E-state index in [2.05, 4.69) is 26.5 Å². The van der Waals surface area contributed by atoms with E-state index >= 15 is 4.39 Å². The van der Waals surface area contributed by atoms with E-state index in [9.17, 15) is 9.65 Å². The molecule has 0 spiro atoms. The topological polar surface area (TPSA) is 68.1 Å². The quantitative estimate of drug-likeness (QED) is 0.171. The monoisotopic (exact) mass is 559 g/mol. The van der Waals surface area contributed by atoms with E-state index in [1.165, 1.54) is 24.3 Å². The van der Waals surface area contributed by atoms with Crippen molar-refractivity contribution in [3.05, 3.63) is 118 Å². The molecule has 0 amide bonds. The van der Waals surface area contributed by atoms with Gasteiger partial charge >= 0.3 is 0 Å². The lowest BCUT2D eigenvalue weighted by Crippen LogP contribution is -2.14. The smallest absolute Gasteiger partial charge is 0.214 e. The van der Waals surface area contributed by atoms with Gasteiger partial charge in [0.05, 0.1) is 29.4 Å². The molecule has 8 heteroatoms. The molecule has 0 saturated heterocycles. The Morgan fingerprint density at radius 3 is 2.55 bits per heavy atom. The third-order valence-electron chi connectivity index (χ3n) is 7.85. The molecular weight excluding hydrogens is 532 g/mol. The first-order valence-electron chi connectivity index (χ1n) is 13.7. The summed E-state index contributed by atoms with van der Waals surface area (Å²) in [6, 6.07) is 22.9. The molecule has 0 radical (unpaired) electrons. The van der Waals surface area contributed by atoms with Gasteiger partial charge in [-0.3, -0.25) is 0 Å². The maximum absolute atomic E-state index is 15.5. The fourth-order valence-corrected chi connectivity index (χ4v) is 5.22. The van der Waals surface area contributed by atoms with E-state index in [-0.39, 0.29) is 29.4 Å². The molecule has 6 rings (SSSR count). The Labute approximate surface area is 242 Å². The van der Waals surface area contributed by atoms with Crippen LogP contribution in [-0.2, 0) is 19.6 Å². The highest BCUT2D eigenvalue weighted by Crippen LogP contribution is 2.50. The summed E-state index contributed by atoms with van der Waals surface area (Å²) in [6.45, 7) is 9.68. The number of rotatable bonds is 9. The molecule has 1 saturated carbocycles. The number of halogens is 2. The van der Waals surface area contributed by atoms with Gasteiger partial charge in [0.2, 0.25) is 5.88 Å². The Balaban J connectivity index is 1.23. The zero-order valence-corrected chi connectivity index (χ0v) is 23.1. The summed E-state index contributed by atoms with van der Waals surface area (Å²) in [5.41, 5.74) is 5.13. The number of nitriles is 1. The molecule has 2 aromatic heterocycles. The number of benzene rings is 3. The van der Waals surface area contributed by atoms with Gasteiger partial charge in [0.15, 0.2) is 5.69 Å². The van der Waals surface area contributed by atoms with Gasteiger partial charge in [0.1, 0.15) is 24.1 Å². The van der Waals surface area contributed by atoms with Crippen LogP contribution in [-0.4, -0.2) is 14.5 Å². The maximum Gasteiger partial charge on any atom is 0.214 e. The van der Waals surface area contributed by atoms with Crippen LogP contribution in [0, 0.1) is 41.9 Å². The highest BCUT2D eigenvalue weighted by Gasteiger charge is 2.43. The van der Waals surface area contributed by atoms with Crippen molar-refractivity contribution in [2.45, 2.75) is 45.8 Å². The van der Waals surface area contributed by atoms with Gasteiger partial charge in [-0.15, -0.1) is 0 Å². The second-order valence-corrected chi connectivity index (χ2v) is 11.0. The van der Waals surface area contributed by atoms with Crippen LogP contribution in [0.2, 0.25) is 0 Å². The van der Waals surface area contributed by atoms with E-state index < -0.39 is 5.82 Å². The summed E-state index contributed by atoms with van der Waals surface area (Å²) in [4.78, 5) is 12.6. The number of fused-ring (bicyclic) bond motifs is 1. The Bertz CT molecular complexity index is 1900. The van der Waals surface area contributed by atoms with Crippen molar-refractivity contribution in [3.8, 4) is 23.2 Å². The van der Waals surface area contributed by atoms with E-state index in [1.54, 1.807) is 24.3 Å². The van der Waals surface area contributed by atoms with Crippen LogP contribution in [0.3, 0.4) is 0 Å². The Morgan fingerprint density at radius 2 is 1.81 bits per heavy atom. The van der Waals surface area contributed by atoms with E-state index in [1.807, 2.05) is 25.1 Å². The largest absolute Gasteiger partial charge is 0.473 e. The number of aromatic nitrogens is 3. The van der Waals surface area contributed by atoms with Crippen LogP contribution < -0.4 is 4.74 Å². The summed E-state index contributed by atoms with van der Waals surface area (Å²) in [5.74, 6) is 0.173. The first-order chi connectivity index (χ1) is 20.4. The van der Waals surface area contributed by atoms with Crippen LogP contribution in [0.15, 0.2) is 72.8 Å². The van der Waals surface area contributed by atoms with E-state index in [0.717, 1.165) is 35.3 Å². The molecule has 5 aromatic rings. The third kappa shape index (κ3) is 5.57. The summed E-state index contributed by atoms with van der Waals surface area (Å²) in [6.07, 6.45) is 2.83. The highest BCUT2D eigenvalue weighted by atomic mass is 19.1. The molecule has 0 atom stereocenters. The molecule has 208 valence electrons. The van der Waals surface area contributed by atoms with Gasteiger partial charge < -0.3 is 9.30 Å². The minimum Gasteiger partial charge on any atom is -0.473 e. The van der Waals surface area contributed by atoms with Crippen molar-refractivity contribution in [3.63, 3.8) is 0 Å². The summed E-state index contributed by atoms with van der Waals surface area (Å²) >= 11 is 0. The Morgan fingerprint density at radius 1 is 1.00 bits per heavy atom. The molecule has 0 unspecified atom stereocenters. The summed E-state index contributed by atoms with van der Waals surface area (Å²) < 4.78 is 37.6. The Kier molecular flexibility index (Phi) is 7.14. The van der Waals surface area contributed by atoms with Crippen LogP contribution in [0.1, 0.15) is 41.8 Å². The Hall–Kier alpha value is -5.08. The fourth-order valence-electron chi connectivity index (χ4n) is 5.22. The van der Waals surface area contributed by atoms with E-state index in [0.29, 0.717) is 41.8 Å². The zero-order valence-electron chi connectivity index (χ0n) is 23.1. The van der Waals surface area contributed by atoms with Crippen molar-refractivity contribution in [1.29, 1.82) is 5.26 Å². The number of hydrogen-bond donors (Lipinski definition) is 0. The van der Waals surface area contributed by atoms with Crippen molar-refractivity contribution in [1.82, 2.24) is 14.5 Å². The summed E-state index contributed by atoms with van der Waals surface area (Å²) in [7, 11) is 0. The minimum atomic E-state index is -0.515. The van der Waals surface area contributed by atoms with Gasteiger partial charge in [0.25, 0.3) is 0 Å². The molecule has 3 aromatic carbocycles. The van der Waals surface area contributed by atoms with Crippen molar-refractivity contribution >= 4 is 16.7 Å². The molecule has 0 bridgehead atoms. The molecule has 1 fully saturated rings. The number of imidazole rings is 1. The van der Waals surface area contributed by atoms with Gasteiger partial charge in [-0.2, -0.15) is 5.26 Å². The standard InChI is InChI=1S/C34H27F2N5O/c1-22-6-11-30-31(16-22)41(21-34(12-13-34)14-15-37)32(39-30)18-23-7-8-24(17-27(23)35)29-4-3-5-33(40-29)42-20-25-9-10-26(38-2)19-28(25)36/h3-11,16-17,19H,12-14,18,20-21H2,1H3. The average Bonchev–Trinajstić information content (AvgIpc) is 3.68. The number of hydrogen-bond acceptors (Lipinski definition) is 4. The molecule has 1 aliphatic rings. The van der Waals surface area contributed by atoms with Crippen LogP contribution in [0.4, 0.5) is 14.5 Å². The van der Waals surface area contributed by atoms with Crippen LogP contribution in [0.25, 0.3) is 27.1 Å². The first-order valence-corrected chi connectivity index (χ1v) is 13.7. The molecule has 0 aliphatic heterocycles. The number of ether oxygens (including phenoxy) is 1. The fraction of sp³-hybridized carbons (Fsp3) is 0.235. The third-order valence-corrected chi connectivity index (χ3v) is 7.85. The lowest BCUT2D eigenvalue weighted by atomic mass is 10.0. The minimum absolute atomic E-state index is 0.0327. The normalized spacial score (nSPS) is 13.5. The molecule has 0 N–H and O–H groups in total. The number of pyridine rings is 1.